The minimum atomic E-state index is -0.751. The Labute approximate surface area is 186 Å². The van der Waals surface area contributed by atoms with Crippen molar-refractivity contribution in [2.75, 3.05) is 0 Å². The summed E-state index contributed by atoms with van der Waals surface area (Å²) >= 11 is 0. The first-order valence-electron chi connectivity index (χ1n) is 10.9. The SMILES string of the molecule is CC(C)c1ccc(C2/C(=C(/O)c3cccc([N+](=O)[O-])c3)C(=O)C(=O)N2C2CCCC2)cc1. The summed E-state index contributed by atoms with van der Waals surface area (Å²) in [6.07, 6.45) is 3.59. The molecule has 7 heteroatoms. The van der Waals surface area contributed by atoms with Crippen molar-refractivity contribution in [2.45, 2.75) is 57.5 Å². The Hall–Kier alpha value is -3.48. The molecule has 4 rings (SSSR count). The van der Waals surface area contributed by atoms with Gasteiger partial charge >= 0.3 is 0 Å². The number of likely N-dealkylation sites (tertiary alicyclic amines) is 1. The van der Waals surface area contributed by atoms with E-state index >= 15 is 0 Å². The van der Waals surface area contributed by atoms with Crippen LogP contribution in [0.4, 0.5) is 5.69 Å². The van der Waals surface area contributed by atoms with Gasteiger partial charge in [0.05, 0.1) is 16.5 Å². The van der Waals surface area contributed by atoms with Gasteiger partial charge in [0, 0.05) is 23.7 Å². The first kappa shape index (κ1) is 21.7. The van der Waals surface area contributed by atoms with Gasteiger partial charge in [-0.1, -0.05) is 63.1 Å². The molecule has 1 saturated heterocycles. The van der Waals surface area contributed by atoms with E-state index in [1.807, 2.05) is 24.3 Å². The number of nitro benzene ring substituents is 1. The lowest BCUT2D eigenvalue weighted by molar-refractivity contribution is -0.384. The smallest absolute Gasteiger partial charge is 0.295 e. The predicted octanol–water partition coefficient (Wildman–Crippen LogP) is 5.08. The fourth-order valence-electron chi connectivity index (χ4n) is 4.72. The number of nitro groups is 1. The topological polar surface area (TPSA) is 101 Å². The Bertz CT molecular complexity index is 1100. The number of aliphatic hydroxyl groups excluding tert-OH is 1. The van der Waals surface area contributed by atoms with E-state index < -0.39 is 22.7 Å². The van der Waals surface area contributed by atoms with Crippen molar-refractivity contribution in [3.63, 3.8) is 0 Å². The van der Waals surface area contributed by atoms with Gasteiger partial charge in [0.25, 0.3) is 17.4 Å². The van der Waals surface area contributed by atoms with E-state index in [0.29, 0.717) is 5.92 Å². The first-order chi connectivity index (χ1) is 15.3. The van der Waals surface area contributed by atoms with Crippen LogP contribution >= 0.6 is 0 Å². The normalized spacial score (nSPS) is 21.0. The molecule has 1 aliphatic heterocycles. The molecular weight excluding hydrogens is 408 g/mol. The van der Waals surface area contributed by atoms with Crippen molar-refractivity contribution in [3.8, 4) is 0 Å². The van der Waals surface area contributed by atoms with E-state index in [0.717, 1.165) is 36.8 Å². The maximum absolute atomic E-state index is 13.1. The van der Waals surface area contributed by atoms with Gasteiger partial charge in [-0.05, 0) is 29.9 Å². The summed E-state index contributed by atoms with van der Waals surface area (Å²) < 4.78 is 0. The maximum atomic E-state index is 13.1. The number of non-ortho nitro benzene ring substituents is 1. The molecule has 2 aromatic carbocycles. The summed E-state index contributed by atoms with van der Waals surface area (Å²) in [5, 5.41) is 22.3. The minimum Gasteiger partial charge on any atom is -0.507 e. The van der Waals surface area contributed by atoms with Crippen LogP contribution in [0.5, 0.6) is 0 Å². The van der Waals surface area contributed by atoms with Crippen molar-refractivity contribution >= 4 is 23.1 Å². The molecule has 0 bridgehead atoms. The van der Waals surface area contributed by atoms with E-state index in [-0.39, 0.29) is 28.6 Å². The molecule has 1 heterocycles. The highest BCUT2D eigenvalue weighted by Gasteiger charge is 2.49. The van der Waals surface area contributed by atoms with Gasteiger partial charge in [-0.2, -0.15) is 0 Å². The average molecular weight is 434 g/mol. The number of amides is 1. The standard InChI is InChI=1S/C25H26N2O5/c1-15(2)16-10-12-17(13-11-16)22-21(23(28)18-6-5-9-20(14-18)27(31)32)24(29)25(30)26(22)19-7-3-4-8-19/h5-6,9-15,19,22,28H,3-4,7-8H2,1-2H3/b23-21-. The van der Waals surface area contributed by atoms with Crippen LogP contribution < -0.4 is 0 Å². The number of nitrogens with zero attached hydrogens (tertiary/aromatic N) is 2. The van der Waals surface area contributed by atoms with Gasteiger partial charge in [-0.3, -0.25) is 19.7 Å². The molecule has 0 radical (unpaired) electrons. The van der Waals surface area contributed by atoms with Crippen LogP contribution in [-0.2, 0) is 9.59 Å². The third-order valence-electron chi connectivity index (χ3n) is 6.45. The van der Waals surface area contributed by atoms with Crippen LogP contribution in [0.1, 0.15) is 68.2 Å². The highest BCUT2D eigenvalue weighted by atomic mass is 16.6. The molecule has 1 aliphatic carbocycles. The number of aliphatic hydroxyl groups is 1. The van der Waals surface area contributed by atoms with Gasteiger partial charge in [-0.25, -0.2) is 0 Å². The first-order valence-corrected chi connectivity index (χ1v) is 10.9. The van der Waals surface area contributed by atoms with Crippen LogP contribution in [0.15, 0.2) is 54.1 Å². The number of carbonyl (C=O) groups excluding carboxylic acids is 2. The van der Waals surface area contributed by atoms with Crippen molar-refractivity contribution in [2.24, 2.45) is 0 Å². The Balaban J connectivity index is 1.87. The van der Waals surface area contributed by atoms with E-state index in [2.05, 4.69) is 13.8 Å². The van der Waals surface area contributed by atoms with Gasteiger partial charge in [0.2, 0.25) is 0 Å². The second-order valence-corrected chi connectivity index (χ2v) is 8.77. The van der Waals surface area contributed by atoms with E-state index in [1.54, 1.807) is 4.90 Å². The average Bonchev–Trinajstić information content (AvgIpc) is 3.40. The molecule has 1 unspecified atom stereocenters. The van der Waals surface area contributed by atoms with Crippen LogP contribution in [-0.4, -0.2) is 32.7 Å². The monoisotopic (exact) mass is 434 g/mol. The minimum absolute atomic E-state index is 0.0142. The van der Waals surface area contributed by atoms with Crippen molar-refractivity contribution in [3.05, 3.63) is 80.9 Å². The van der Waals surface area contributed by atoms with Gasteiger partial charge in [0.1, 0.15) is 5.76 Å². The highest BCUT2D eigenvalue weighted by molar-refractivity contribution is 6.46. The van der Waals surface area contributed by atoms with Crippen molar-refractivity contribution in [1.29, 1.82) is 0 Å². The van der Waals surface area contributed by atoms with E-state index in [4.69, 9.17) is 0 Å². The molecule has 1 atom stereocenters. The fraction of sp³-hybridized carbons (Fsp3) is 0.360. The molecule has 2 fully saturated rings. The van der Waals surface area contributed by atoms with E-state index in [9.17, 15) is 24.8 Å². The number of rotatable bonds is 5. The zero-order chi connectivity index (χ0) is 23.0. The second-order valence-electron chi connectivity index (χ2n) is 8.77. The molecule has 2 aliphatic rings. The lowest BCUT2D eigenvalue weighted by atomic mass is 9.92. The van der Waals surface area contributed by atoms with E-state index in [1.165, 1.54) is 24.3 Å². The summed E-state index contributed by atoms with van der Waals surface area (Å²) in [5.74, 6) is -1.43. The summed E-state index contributed by atoms with van der Waals surface area (Å²) in [5.41, 5.74) is 1.81. The summed E-state index contributed by atoms with van der Waals surface area (Å²) in [7, 11) is 0. The molecule has 2 aromatic rings. The van der Waals surface area contributed by atoms with Crippen LogP contribution in [0.2, 0.25) is 0 Å². The van der Waals surface area contributed by atoms with Crippen LogP contribution in [0.25, 0.3) is 5.76 Å². The van der Waals surface area contributed by atoms with Crippen molar-refractivity contribution < 1.29 is 19.6 Å². The summed E-state index contributed by atoms with van der Waals surface area (Å²) in [6.45, 7) is 4.17. The maximum Gasteiger partial charge on any atom is 0.295 e. The molecule has 166 valence electrons. The number of ketones is 1. The number of Topliss-reactive ketones (excluding diaryl/α,β-unsaturated/α-hetero) is 1. The Morgan fingerprint density at radius 3 is 2.34 bits per heavy atom. The second kappa shape index (κ2) is 8.57. The summed E-state index contributed by atoms with van der Waals surface area (Å²) in [6, 6.07) is 12.4. The number of hydrogen-bond donors (Lipinski definition) is 1. The van der Waals surface area contributed by atoms with Crippen molar-refractivity contribution in [1.82, 2.24) is 4.90 Å². The number of hydrogen-bond acceptors (Lipinski definition) is 5. The molecule has 1 saturated carbocycles. The fourth-order valence-corrected chi connectivity index (χ4v) is 4.72. The number of benzene rings is 2. The molecule has 1 N–H and O–H groups in total. The Kier molecular flexibility index (Phi) is 5.82. The van der Waals surface area contributed by atoms with Crippen LogP contribution in [0.3, 0.4) is 0 Å². The number of carbonyl (C=O) groups is 2. The highest BCUT2D eigenvalue weighted by Crippen LogP contribution is 2.43. The Morgan fingerprint density at radius 1 is 1.09 bits per heavy atom. The molecule has 0 spiro atoms. The zero-order valence-corrected chi connectivity index (χ0v) is 18.2. The largest absolute Gasteiger partial charge is 0.507 e. The molecular formula is C25H26N2O5. The molecule has 7 nitrogen and oxygen atoms in total. The lowest BCUT2D eigenvalue weighted by Gasteiger charge is -2.31. The van der Waals surface area contributed by atoms with Crippen LogP contribution in [0, 0.1) is 10.1 Å². The quantitative estimate of drug-likeness (QED) is 0.232. The van der Waals surface area contributed by atoms with Gasteiger partial charge in [-0.15, -0.1) is 0 Å². The summed E-state index contributed by atoms with van der Waals surface area (Å²) in [4.78, 5) is 38.5. The molecule has 32 heavy (non-hydrogen) atoms. The third-order valence-corrected chi connectivity index (χ3v) is 6.45. The lowest BCUT2D eigenvalue weighted by Crippen LogP contribution is -2.37. The van der Waals surface area contributed by atoms with Gasteiger partial charge < -0.3 is 10.0 Å². The zero-order valence-electron chi connectivity index (χ0n) is 18.2. The molecule has 1 amide bonds. The van der Waals surface area contributed by atoms with Gasteiger partial charge in [0.15, 0.2) is 0 Å². The molecule has 0 aromatic heterocycles. The predicted molar refractivity (Wildman–Crippen MR) is 120 cm³/mol. The third kappa shape index (κ3) is 3.79. The Morgan fingerprint density at radius 2 is 1.75 bits per heavy atom.